The summed E-state index contributed by atoms with van der Waals surface area (Å²) in [4.78, 5) is 59.5. The molecular formula is C21H25N5O8S. The molecule has 1 aromatic rings. The van der Waals surface area contributed by atoms with Crippen LogP contribution in [0.15, 0.2) is 39.2 Å². The van der Waals surface area contributed by atoms with Gasteiger partial charge in [-0.3, -0.25) is 14.5 Å². The molecule has 3 aliphatic rings. The van der Waals surface area contributed by atoms with Crippen molar-refractivity contribution >= 4 is 41.4 Å². The van der Waals surface area contributed by atoms with Crippen LogP contribution in [-0.2, 0) is 24.0 Å². The number of carboxylic acid groups (broad SMARTS) is 1. The average Bonchev–Trinajstić information content (AvgIpc) is 3.38. The maximum Gasteiger partial charge on any atom is 0.410 e. The van der Waals surface area contributed by atoms with Crippen molar-refractivity contribution in [2.24, 2.45) is 5.16 Å². The molecule has 1 aromatic heterocycles. The summed E-state index contributed by atoms with van der Waals surface area (Å²) in [6.07, 6.45) is 0.841. The van der Waals surface area contributed by atoms with Crippen molar-refractivity contribution in [3.8, 4) is 0 Å². The number of ether oxygens (including phenoxy) is 1. The van der Waals surface area contributed by atoms with Gasteiger partial charge in [-0.15, -0.1) is 11.8 Å². The minimum absolute atomic E-state index is 0.153. The van der Waals surface area contributed by atoms with Crippen LogP contribution in [0.1, 0.15) is 5.76 Å². The largest absolute Gasteiger partial charge is 0.477 e. The van der Waals surface area contributed by atoms with Crippen molar-refractivity contribution in [2.45, 2.75) is 11.4 Å². The third kappa shape index (κ3) is 4.98. The van der Waals surface area contributed by atoms with Gasteiger partial charge in [0.05, 0.1) is 6.26 Å². The Hall–Kier alpha value is -3.52. The summed E-state index contributed by atoms with van der Waals surface area (Å²) < 4.78 is 10.5. The zero-order valence-corrected chi connectivity index (χ0v) is 19.9. The number of aliphatic carboxylic acids is 1. The predicted octanol–water partition coefficient (Wildman–Crippen LogP) is -0.247. The van der Waals surface area contributed by atoms with Gasteiger partial charge < -0.3 is 34.2 Å². The van der Waals surface area contributed by atoms with Crippen molar-refractivity contribution in [1.82, 2.24) is 20.0 Å². The van der Waals surface area contributed by atoms with Gasteiger partial charge in [0.25, 0.3) is 11.8 Å². The topological polar surface area (TPSA) is 154 Å². The highest BCUT2D eigenvalue weighted by atomic mass is 32.2. The van der Waals surface area contributed by atoms with E-state index in [0.29, 0.717) is 18.7 Å². The highest BCUT2D eigenvalue weighted by Crippen LogP contribution is 2.40. The van der Waals surface area contributed by atoms with Crippen LogP contribution in [0, 0.1) is 0 Å². The molecule has 2 fully saturated rings. The van der Waals surface area contributed by atoms with Gasteiger partial charge >= 0.3 is 12.1 Å². The number of amides is 3. The highest BCUT2D eigenvalue weighted by molar-refractivity contribution is 8.00. The minimum atomic E-state index is -1.31. The van der Waals surface area contributed by atoms with Gasteiger partial charge in [-0.1, -0.05) is 5.16 Å². The van der Waals surface area contributed by atoms with Gasteiger partial charge in [0.2, 0.25) is 5.71 Å². The van der Waals surface area contributed by atoms with Crippen LogP contribution in [0.3, 0.4) is 0 Å². The lowest BCUT2D eigenvalue weighted by molar-refractivity contribution is -0.150. The first kappa shape index (κ1) is 24.6. The van der Waals surface area contributed by atoms with Gasteiger partial charge in [-0.05, 0) is 19.2 Å². The van der Waals surface area contributed by atoms with Crippen LogP contribution >= 0.6 is 11.8 Å². The Morgan fingerprint density at radius 3 is 2.66 bits per heavy atom. The van der Waals surface area contributed by atoms with E-state index >= 15 is 0 Å². The number of piperazine rings is 1. The number of rotatable bonds is 7. The van der Waals surface area contributed by atoms with E-state index in [9.17, 15) is 24.3 Å². The Morgan fingerprint density at radius 1 is 1.29 bits per heavy atom. The van der Waals surface area contributed by atoms with E-state index in [0.717, 1.165) is 18.0 Å². The zero-order valence-electron chi connectivity index (χ0n) is 19.1. The summed E-state index contributed by atoms with van der Waals surface area (Å²) in [6.45, 7) is 2.25. The second-order valence-corrected chi connectivity index (χ2v) is 9.17. The molecule has 4 rings (SSSR count). The van der Waals surface area contributed by atoms with Gasteiger partial charge in [0.15, 0.2) is 5.76 Å². The van der Waals surface area contributed by atoms with E-state index in [4.69, 9.17) is 14.0 Å². The summed E-state index contributed by atoms with van der Waals surface area (Å²) in [7, 11) is 3.23. The maximum absolute atomic E-state index is 12.9. The van der Waals surface area contributed by atoms with Crippen molar-refractivity contribution < 1.29 is 38.3 Å². The summed E-state index contributed by atoms with van der Waals surface area (Å²) in [5, 5.41) is 15.4. The van der Waals surface area contributed by atoms with Crippen LogP contribution in [0.25, 0.3) is 0 Å². The van der Waals surface area contributed by atoms with Gasteiger partial charge in [-0.25, -0.2) is 9.59 Å². The first-order valence-electron chi connectivity index (χ1n) is 10.8. The first-order chi connectivity index (χ1) is 16.8. The molecule has 2 N–H and O–H groups in total. The molecule has 0 spiro atoms. The molecule has 3 amide bonds. The number of furan rings is 1. The molecule has 2 atom stereocenters. The van der Waals surface area contributed by atoms with Gasteiger partial charge in [-0.2, -0.15) is 0 Å². The molecule has 14 heteroatoms. The Labute approximate surface area is 204 Å². The molecule has 0 saturated carbocycles. The number of β-lactam (4-membered cyclic amide) rings is 1. The summed E-state index contributed by atoms with van der Waals surface area (Å²) >= 11 is 1.27. The van der Waals surface area contributed by atoms with Crippen LogP contribution in [0.4, 0.5) is 4.79 Å². The quantitative estimate of drug-likeness (QED) is 0.287. The number of thioether (sulfide) groups is 1. The van der Waals surface area contributed by atoms with Crippen molar-refractivity contribution in [3.63, 3.8) is 0 Å². The zero-order chi connectivity index (χ0) is 25.1. The second kappa shape index (κ2) is 10.4. The molecule has 1 unspecified atom stereocenters. The van der Waals surface area contributed by atoms with Crippen LogP contribution in [0.2, 0.25) is 0 Å². The number of nitrogens with one attached hydrogen (secondary N) is 1. The summed E-state index contributed by atoms with van der Waals surface area (Å²) in [5.41, 5.74) is -0.0705. The lowest BCUT2D eigenvalue weighted by Gasteiger charge is -2.49. The molecule has 4 heterocycles. The number of carboxylic acids is 1. The van der Waals surface area contributed by atoms with E-state index in [2.05, 4.69) is 15.4 Å². The molecule has 188 valence electrons. The lowest BCUT2D eigenvalue weighted by Crippen LogP contribution is -2.71. The smallest absolute Gasteiger partial charge is 0.410 e. The monoisotopic (exact) mass is 507 g/mol. The molecule has 0 aliphatic carbocycles. The Bertz CT molecular complexity index is 1060. The third-order valence-corrected chi connectivity index (χ3v) is 7.16. The van der Waals surface area contributed by atoms with Gasteiger partial charge in [0.1, 0.15) is 30.8 Å². The van der Waals surface area contributed by atoms with Crippen molar-refractivity contribution in [3.05, 3.63) is 35.4 Å². The number of nitrogens with zero attached hydrogens (tertiary/aromatic N) is 4. The fraction of sp³-hybridized carbons (Fsp3) is 0.476. The number of oxime groups is 1. The van der Waals surface area contributed by atoms with E-state index < -0.39 is 35.3 Å². The number of carbonyl (C=O) groups excluding carboxylic acids is 3. The molecule has 2 saturated heterocycles. The molecule has 13 nitrogen and oxygen atoms in total. The predicted molar refractivity (Wildman–Crippen MR) is 122 cm³/mol. The Kier molecular flexibility index (Phi) is 7.31. The van der Waals surface area contributed by atoms with E-state index in [-0.39, 0.29) is 29.5 Å². The van der Waals surface area contributed by atoms with Crippen LogP contribution in [0.5, 0.6) is 0 Å². The molecule has 0 aromatic carbocycles. The normalized spacial score (nSPS) is 22.9. The first-order valence-corrected chi connectivity index (χ1v) is 11.8. The molecule has 35 heavy (non-hydrogen) atoms. The molecule has 3 aliphatic heterocycles. The number of hydrogen-bond acceptors (Lipinski definition) is 10. The van der Waals surface area contributed by atoms with Crippen molar-refractivity contribution in [2.75, 3.05) is 52.7 Å². The second-order valence-electron chi connectivity index (χ2n) is 8.06. The van der Waals surface area contributed by atoms with Crippen LogP contribution < -0.4 is 5.32 Å². The average molecular weight is 508 g/mol. The van der Waals surface area contributed by atoms with Crippen molar-refractivity contribution in [1.29, 1.82) is 0 Å². The fourth-order valence-corrected chi connectivity index (χ4v) is 5.26. The molecule has 0 bridgehead atoms. The number of fused-ring (bicyclic) bond motifs is 1. The number of likely N-dealkylation sites (N-methyl/N-ethyl adjacent to an activating group) is 1. The summed E-state index contributed by atoms with van der Waals surface area (Å²) in [5.74, 6) is -2.23. The van der Waals surface area contributed by atoms with E-state index in [1.165, 1.54) is 31.2 Å². The highest BCUT2D eigenvalue weighted by Gasteiger charge is 2.54. The Balaban J connectivity index is 1.42. The maximum atomic E-state index is 12.9. The SMILES string of the molecule is CON=C(C(=O)NC1C(=O)N2C(C(=O)O)=C(COC(=O)N3CCN(C)CC3)CS[C@@H]12)c1ccco1. The lowest BCUT2D eigenvalue weighted by atomic mass is 10.0. The fourth-order valence-electron chi connectivity index (χ4n) is 3.94. The summed E-state index contributed by atoms with van der Waals surface area (Å²) in [6, 6.07) is 2.12. The minimum Gasteiger partial charge on any atom is -0.477 e. The van der Waals surface area contributed by atoms with E-state index in [1.807, 2.05) is 7.05 Å². The van der Waals surface area contributed by atoms with E-state index in [1.54, 1.807) is 11.0 Å². The standard InChI is InChI=1S/C21H25N5O8S/c1-24-5-7-25(8-6-24)21(31)34-10-12-11-35-19-15(18(28)26(19)16(12)20(29)30)22-17(27)14(23-32-2)13-4-3-9-33-13/h3-4,9,15,19H,5-8,10-11H2,1-2H3,(H,22,27)(H,29,30)/t15?,19-/m0/s1. The third-order valence-electron chi connectivity index (χ3n) is 5.82. The number of carbonyl (C=O) groups is 4. The Morgan fingerprint density at radius 2 is 2.03 bits per heavy atom. The number of hydrogen-bond donors (Lipinski definition) is 2. The van der Waals surface area contributed by atoms with Gasteiger partial charge in [0, 0.05) is 37.5 Å². The molecule has 0 radical (unpaired) electrons. The molecular weight excluding hydrogens is 482 g/mol. The van der Waals surface area contributed by atoms with Crippen LogP contribution in [-0.4, -0.2) is 114 Å².